The molecule has 0 radical (unpaired) electrons. The SMILES string of the molecule is CCC[P+](=O)SC(N=C(OCC)OCC)=NNc1ccccc1N. The molecule has 0 aliphatic carbocycles. The van der Waals surface area contributed by atoms with Gasteiger partial charge in [-0.15, -0.1) is 10.1 Å². The summed E-state index contributed by atoms with van der Waals surface area (Å²) in [6.45, 7) is 6.47. The molecule has 1 rings (SSSR count). The molecule has 0 amide bonds. The highest BCUT2D eigenvalue weighted by atomic mass is 32.7. The molecule has 9 heteroatoms. The standard InChI is InChI=1S/C15H24N4O3PS/c1-4-11-23(20)24-14(17-15(21-5-2)22-6-3)19-18-13-10-8-7-9-12(13)16/h7-10,18H,4-6,11,16H2,1-3H3/q+1. The van der Waals surface area contributed by atoms with E-state index in [1.807, 2.05) is 32.9 Å². The molecule has 24 heavy (non-hydrogen) atoms. The van der Waals surface area contributed by atoms with Gasteiger partial charge in [0.1, 0.15) is 0 Å². The van der Waals surface area contributed by atoms with E-state index >= 15 is 0 Å². The number of nitrogens with two attached hydrogens (primary N) is 1. The summed E-state index contributed by atoms with van der Waals surface area (Å²) < 4.78 is 22.7. The van der Waals surface area contributed by atoms with Gasteiger partial charge in [0, 0.05) is 0 Å². The van der Waals surface area contributed by atoms with Crippen LogP contribution in [0, 0.1) is 0 Å². The number of nitrogens with one attached hydrogen (secondary N) is 1. The Morgan fingerprint density at radius 3 is 2.50 bits per heavy atom. The smallest absolute Gasteiger partial charge is 0.418 e. The van der Waals surface area contributed by atoms with E-state index in [2.05, 4.69) is 15.5 Å². The first-order valence-electron chi connectivity index (χ1n) is 7.75. The summed E-state index contributed by atoms with van der Waals surface area (Å²) in [6.07, 6.45) is 1.51. The number of hydrazone groups is 1. The number of para-hydroxylation sites is 2. The van der Waals surface area contributed by atoms with Gasteiger partial charge in [-0.3, -0.25) is 5.43 Å². The lowest BCUT2D eigenvalue weighted by atomic mass is 10.3. The summed E-state index contributed by atoms with van der Waals surface area (Å²) in [5.74, 6) is 0. The van der Waals surface area contributed by atoms with Crippen molar-refractivity contribution in [3.63, 3.8) is 0 Å². The number of nitrogens with zero attached hydrogens (tertiary/aromatic N) is 2. The zero-order chi connectivity index (χ0) is 17.8. The van der Waals surface area contributed by atoms with Crippen LogP contribution in [0.4, 0.5) is 11.4 Å². The maximum absolute atomic E-state index is 12.1. The van der Waals surface area contributed by atoms with Crippen molar-refractivity contribution in [2.24, 2.45) is 10.1 Å². The zero-order valence-electron chi connectivity index (χ0n) is 14.2. The molecule has 0 heterocycles. The molecule has 1 aromatic carbocycles. The Bertz CT molecular complexity index is 588. The third kappa shape index (κ3) is 7.66. The summed E-state index contributed by atoms with van der Waals surface area (Å²) in [4.78, 5) is 4.22. The summed E-state index contributed by atoms with van der Waals surface area (Å²) >= 11 is 1.08. The number of amidine groups is 1. The Hall–Kier alpha value is -1.79. The molecule has 0 fully saturated rings. The summed E-state index contributed by atoms with van der Waals surface area (Å²) in [6, 6.07) is 7.23. The highest BCUT2D eigenvalue weighted by Gasteiger charge is 2.22. The number of benzene rings is 1. The molecule has 1 atom stereocenters. The molecule has 7 nitrogen and oxygen atoms in total. The Labute approximate surface area is 147 Å². The van der Waals surface area contributed by atoms with Gasteiger partial charge in [-0.1, -0.05) is 23.6 Å². The van der Waals surface area contributed by atoms with Crippen molar-refractivity contribution in [1.29, 1.82) is 0 Å². The lowest BCUT2D eigenvalue weighted by Crippen LogP contribution is -2.12. The molecule has 0 bridgehead atoms. The second-order valence-corrected chi connectivity index (χ2v) is 7.91. The molecule has 3 N–H and O–H groups in total. The summed E-state index contributed by atoms with van der Waals surface area (Å²) in [5.41, 5.74) is 9.92. The molecule has 0 saturated heterocycles. The van der Waals surface area contributed by atoms with Crippen LogP contribution in [0.15, 0.2) is 34.4 Å². The van der Waals surface area contributed by atoms with E-state index in [1.165, 1.54) is 0 Å². The zero-order valence-corrected chi connectivity index (χ0v) is 15.9. The molecule has 0 spiro atoms. The minimum absolute atomic E-state index is 0.106. The molecular formula is C15H24N4O3PS+. The van der Waals surface area contributed by atoms with Crippen molar-refractivity contribution in [2.75, 3.05) is 30.5 Å². The van der Waals surface area contributed by atoms with E-state index < -0.39 is 7.00 Å². The van der Waals surface area contributed by atoms with Gasteiger partial charge in [0.05, 0.1) is 24.6 Å². The van der Waals surface area contributed by atoms with Crippen LogP contribution in [-0.4, -0.2) is 30.6 Å². The van der Waals surface area contributed by atoms with Crippen LogP contribution in [0.25, 0.3) is 0 Å². The van der Waals surface area contributed by atoms with Gasteiger partial charge in [-0.2, -0.15) is 0 Å². The van der Waals surface area contributed by atoms with Crippen molar-refractivity contribution < 1.29 is 14.0 Å². The van der Waals surface area contributed by atoms with E-state index in [1.54, 1.807) is 12.1 Å². The average Bonchev–Trinajstić information content (AvgIpc) is 2.54. The number of hydrogen-bond donors (Lipinski definition) is 2. The minimum atomic E-state index is -1.51. The number of rotatable bonds is 7. The van der Waals surface area contributed by atoms with Gasteiger partial charge < -0.3 is 15.2 Å². The van der Waals surface area contributed by atoms with Crippen molar-refractivity contribution in [3.8, 4) is 0 Å². The fraction of sp³-hybridized carbons (Fsp3) is 0.467. The molecule has 1 aromatic rings. The van der Waals surface area contributed by atoms with Crippen LogP contribution in [0.1, 0.15) is 27.2 Å². The Kier molecular flexibility index (Phi) is 9.88. The lowest BCUT2D eigenvalue weighted by molar-refractivity contribution is 0.182. The monoisotopic (exact) mass is 371 g/mol. The predicted molar refractivity (Wildman–Crippen MR) is 103 cm³/mol. The molecular weight excluding hydrogens is 347 g/mol. The quantitative estimate of drug-likeness (QED) is 0.244. The number of aliphatic imine (C=N–C) groups is 1. The van der Waals surface area contributed by atoms with E-state index in [0.29, 0.717) is 30.8 Å². The van der Waals surface area contributed by atoms with Crippen LogP contribution in [-0.2, 0) is 14.0 Å². The fourth-order valence-electron chi connectivity index (χ4n) is 1.52. The normalized spacial score (nSPS) is 11.6. The lowest BCUT2D eigenvalue weighted by Gasteiger charge is -2.07. The van der Waals surface area contributed by atoms with E-state index in [-0.39, 0.29) is 11.3 Å². The fourth-order valence-corrected chi connectivity index (χ4v) is 3.98. The van der Waals surface area contributed by atoms with Crippen molar-refractivity contribution in [3.05, 3.63) is 24.3 Å². The average molecular weight is 371 g/mol. The highest BCUT2D eigenvalue weighted by Crippen LogP contribution is 2.39. The number of ether oxygens (including phenoxy) is 2. The van der Waals surface area contributed by atoms with Gasteiger partial charge in [0.2, 0.25) is 11.4 Å². The molecule has 0 saturated carbocycles. The van der Waals surface area contributed by atoms with Gasteiger partial charge in [-0.25, -0.2) is 0 Å². The van der Waals surface area contributed by atoms with Gasteiger partial charge in [0.15, 0.2) is 6.16 Å². The van der Waals surface area contributed by atoms with Gasteiger partial charge in [-0.05, 0) is 32.4 Å². The third-order valence-corrected chi connectivity index (χ3v) is 5.56. The van der Waals surface area contributed by atoms with Crippen molar-refractivity contribution >= 4 is 41.0 Å². The van der Waals surface area contributed by atoms with E-state index in [9.17, 15) is 4.57 Å². The first-order valence-corrected chi connectivity index (χ1v) is 10.6. The van der Waals surface area contributed by atoms with E-state index in [4.69, 9.17) is 15.2 Å². The predicted octanol–water partition coefficient (Wildman–Crippen LogP) is 4.27. The van der Waals surface area contributed by atoms with Crippen LogP contribution in [0.3, 0.4) is 0 Å². The minimum Gasteiger partial charge on any atom is -0.451 e. The first kappa shape index (κ1) is 20.3. The van der Waals surface area contributed by atoms with Crippen LogP contribution >= 0.6 is 18.4 Å². The van der Waals surface area contributed by atoms with Gasteiger partial charge in [0.25, 0.3) is 5.17 Å². The Balaban J connectivity index is 2.98. The van der Waals surface area contributed by atoms with E-state index in [0.717, 1.165) is 17.8 Å². The summed E-state index contributed by atoms with van der Waals surface area (Å²) in [5, 5.41) is 4.47. The molecule has 0 aliphatic rings. The van der Waals surface area contributed by atoms with Crippen LogP contribution < -0.4 is 11.2 Å². The number of hydrogen-bond acceptors (Lipinski definition) is 7. The molecule has 0 aliphatic heterocycles. The van der Waals surface area contributed by atoms with Crippen LogP contribution in [0.5, 0.6) is 0 Å². The second-order valence-electron chi connectivity index (χ2n) is 4.48. The highest BCUT2D eigenvalue weighted by molar-refractivity contribution is 8.59. The second kappa shape index (κ2) is 11.7. The van der Waals surface area contributed by atoms with Crippen molar-refractivity contribution in [2.45, 2.75) is 27.2 Å². The Morgan fingerprint density at radius 2 is 1.92 bits per heavy atom. The first-order chi connectivity index (χ1) is 11.6. The number of nitrogen functional groups attached to an aromatic ring is 1. The summed E-state index contributed by atoms with van der Waals surface area (Å²) in [7, 11) is -1.51. The van der Waals surface area contributed by atoms with Crippen LogP contribution in [0.2, 0.25) is 0 Å². The maximum atomic E-state index is 12.1. The molecule has 0 aromatic heterocycles. The van der Waals surface area contributed by atoms with Crippen molar-refractivity contribution in [1.82, 2.24) is 0 Å². The Morgan fingerprint density at radius 1 is 1.25 bits per heavy atom. The van der Waals surface area contributed by atoms with Gasteiger partial charge >= 0.3 is 13.1 Å². The topological polar surface area (TPSA) is 98.3 Å². The largest absolute Gasteiger partial charge is 0.451 e. The molecule has 132 valence electrons. The maximum Gasteiger partial charge on any atom is 0.418 e. The number of anilines is 2. The molecule has 1 unspecified atom stereocenters. The third-order valence-electron chi connectivity index (χ3n) is 2.54.